The Morgan fingerprint density at radius 1 is 1.16 bits per heavy atom. The fourth-order valence-electron chi connectivity index (χ4n) is 2.76. The van der Waals surface area contributed by atoms with Crippen LogP contribution in [0.25, 0.3) is 0 Å². The number of nitrogens with one attached hydrogen (secondary N) is 3. The van der Waals surface area contributed by atoms with Gasteiger partial charge in [0.25, 0.3) is 0 Å². The van der Waals surface area contributed by atoms with E-state index in [9.17, 15) is 21.2 Å². The lowest BCUT2D eigenvalue weighted by Crippen LogP contribution is -2.16. The van der Waals surface area contributed by atoms with Crippen LogP contribution in [0.5, 0.6) is 0 Å². The number of nitrogens with zero attached hydrogens (tertiary/aromatic N) is 2. The number of benzene rings is 1. The van der Waals surface area contributed by atoms with Crippen LogP contribution < -0.4 is 20.5 Å². The van der Waals surface area contributed by atoms with Gasteiger partial charge in [-0.3, -0.25) is 0 Å². The number of rotatable bonds is 7. The summed E-state index contributed by atoms with van der Waals surface area (Å²) in [4.78, 5) is 7.90. The summed E-state index contributed by atoms with van der Waals surface area (Å²) < 4.78 is 63.0. The van der Waals surface area contributed by atoms with E-state index < -0.39 is 25.9 Å². The molecule has 1 aromatic carbocycles. The summed E-state index contributed by atoms with van der Waals surface area (Å²) in [5, 5.41) is 12.0. The maximum atomic E-state index is 14.2. The molecule has 5 N–H and O–H groups in total. The van der Waals surface area contributed by atoms with E-state index in [1.165, 1.54) is 13.1 Å². The maximum absolute atomic E-state index is 14.2. The van der Waals surface area contributed by atoms with Crippen LogP contribution in [-0.4, -0.2) is 33.9 Å². The summed E-state index contributed by atoms with van der Waals surface area (Å²) in [5.41, 5.74) is 1.90. The molecular weight excluding hydrogens is 459 g/mol. The molecule has 0 aliphatic heterocycles. The molecule has 170 valence electrons. The minimum atomic E-state index is -3.91. The average Bonchev–Trinajstić information content (AvgIpc) is 2.72. The molecule has 0 bridgehead atoms. The summed E-state index contributed by atoms with van der Waals surface area (Å²) in [6.07, 6.45) is 6.15. The van der Waals surface area contributed by atoms with Crippen molar-refractivity contribution in [3.63, 3.8) is 0 Å². The number of nitrogens with two attached hydrogens (primary N) is 1. The Kier molecular flexibility index (Phi) is 6.74. The summed E-state index contributed by atoms with van der Waals surface area (Å²) >= 11 is 0. The lowest BCUT2D eigenvalue weighted by atomic mass is 10.1. The normalized spacial score (nSPS) is 15.5. The van der Waals surface area contributed by atoms with E-state index in [4.69, 9.17) is 5.14 Å². The van der Waals surface area contributed by atoms with E-state index in [2.05, 4.69) is 25.3 Å². The molecule has 2 aromatic rings. The summed E-state index contributed by atoms with van der Waals surface area (Å²) in [7, 11) is -6.10. The molecule has 3 rings (SSSR count). The first-order valence-corrected chi connectivity index (χ1v) is 12.3. The quantitative estimate of drug-likeness (QED) is 0.469. The zero-order chi connectivity index (χ0) is 23.5. The van der Waals surface area contributed by atoms with E-state index in [1.54, 1.807) is 37.3 Å². The summed E-state index contributed by atoms with van der Waals surface area (Å²) in [6.45, 7) is 1.61. The van der Waals surface area contributed by atoms with Crippen LogP contribution in [0.15, 0.2) is 64.2 Å². The monoisotopic (exact) mass is 480 g/mol. The van der Waals surface area contributed by atoms with Crippen LogP contribution in [0.1, 0.15) is 12.0 Å². The van der Waals surface area contributed by atoms with Gasteiger partial charge < -0.3 is 10.6 Å². The van der Waals surface area contributed by atoms with Gasteiger partial charge in [0.15, 0.2) is 11.6 Å². The molecule has 0 atom stereocenters. The fraction of sp³-hybridized carbons (Fsp3) is 0.158. The second-order valence-corrected chi connectivity index (χ2v) is 10.1. The molecule has 0 saturated heterocycles. The highest BCUT2D eigenvalue weighted by atomic mass is 32.2. The number of anilines is 3. The maximum Gasteiger partial charge on any atom is 0.238 e. The molecule has 32 heavy (non-hydrogen) atoms. The van der Waals surface area contributed by atoms with Gasteiger partial charge in [-0.25, -0.2) is 36.1 Å². The van der Waals surface area contributed by atoms with Gasteiger partial charge in [0.1, 0.15) is 0 Å². The van der Waals surface area contributed by atoms with E-state index >= 15 is 0 Å². The highest BCUT2D eigenvalue weighted by molar-refractivity contribution is 7.92. The van der Waals surface area contributed by atoms with Gasteiger partial charge in [0, 0.05) is 16.8 Å². The largest absolute Gasteiger partial charge is 0.338 e. The Labute approximate surface area is 185 Å². The van der Waals surface area contributed by atoms with Crippen LogP contribution in [0, 0.1) is 12.7 Å². The van der Waals surface area contributed by atoms with Gasteiger partial charge >= 0.3 is 0 Å². The van der Waals surface area contributed by atoms with Crippen molar-refractivity contribution >= 4 is 37.5 Å². The number of aryl methyl sites for hydroxylation is 1. The molecule has 13 heteroatoms. The van der Waals surface area contributed by atoms with Gasteiger partial charge in [0.2, 0.25) is 26.0 Å². The van der Waals surface area contributed by atoms with E-state index in [1.807, 2.05) is 0 Å². The van der Waals surface area contributed by atoms with Crippen LogP contribution >= 0.6 is 0 Å². The molecule has 0 unspecified atom stereocenters. The van der Waals surface area contributed by atoms with Gasteiger partial charge in [-0.1, -0.05) is 18.2 Å². The summed E-state index contributed by atoms with van der Waals surface area (Å²) in [6, 6.07) is 4.52. The lowest BCUT2D eigenvalue weighted by Gasteiger charge is -2.13. The highest BCUT2D eigenvalue weighted by Crippen LogP contribution is 2.23. The Morgan fingerprint density at radius 2 is 1.91 bits per heavy atom. The lowest BCUT2D eigenvalue weighted by molar-refractivity contribution is 0.595. The minimum Gasteiger partial charge on any atom is -0.338 e. The molecule has 1 heterocycles. The molecule has 0 saturated carbocycles. The van der Waals surface area contributed by atoms with Gasteiger partial charge in [-0.15, -0.1) is 0 Å². The number of hydrogen-bond acceptors (Lipinski definition) is 8. The highest BCUT2D eigenvalue weighted by Gasteiger charge is 2.14. The van der Waals surface area contributed by atoms with Crippen molar-refractivity contribution in [2.24, 2.45) is 5.14 Å². The van der Waals surface area contributed by atoms with E-state index in [-0.39, 0.29) is 16.7 Å². The average molecular weight is 481 g/mol. The predicted octanol–water partition coefficient (Wildman–Crippen LogP) is 2.00. The molecule has 1 aliphatic carbocycles. The van der Waals surface area contributed by atoms with Crippen molar-refractivity contribution in [2.45, 2.75) is 18.2 Å². The predicted molar refractivity (Wildman–Crippen MR) is 119 cm³/mol. The van der Waals surface area contributed by atoms with Gasteiger partial charge in [-0.2, -0.15) is 4.98 Å². The minimum absolute atomic E-state index is 0.0270. The Bertz CT molecular complexity index is 1350. The molecule has 10 nitrogen and oxygen atoms in total. The topological polar surface area (TPSA) is 156 Å². The molecule has 1 aromatic heterocycles. The van der Waals surface area contributed by atoms with Crippen molar-refractivity contribution in [3.8, 4) is 0 Å². The van der Waals surface area contributed by atoms with Crippen LogP contribution in [-0.2, 0) is 20.0 Å². The SMILES string of the molecule is CNS(=O)(=O)C=C1C=CC(Nc2nc(Nc3ccc(C)c(S(N)(=O)=O)c3)ncc2F)=CC1. The van der Waals surface area contributed by atoms with Crippen LogP contribution in [0.2, 0.25) is 0 Å². The van der Waals surface area contributed by atoms with Crippen LogP contribution in [0.4, 0.5) is 21.8 Å². The number of halogens is 1. The second-order valence-electron chi connectivity index (χ2n) is 6.80. The third-order valence-corrected chi connectivity index (χ3v) is 6.62. The van der Waals surface area contributed by atoms with Gasteiger partial charge in [0.05, 0.1) is 11.1 Å². The second kappa shape index (κ2) is 9.16. The van der Waals surface area contributed by atoms with Gasteiger partial charge in [-0.05, 0) is 49.7 Å². The Hall–Kier alpha value is -3.13. The van der Waals surface area contributed by atoms with Crippen LogP contribution in [0.3, 0.4) is 0 Å². The zero-order valence-electron chi connectivity index (χ0n) is 17.1. The smallest absolute Gasteiger partial charge is 0.238 e. The van der Waals surface area contributed by atoms with Crippen molar-refractivity contribution in [3.05, 3.63) is 70.7 Å². The molecule has 0 radical (unpaired) electrons. The first-order valence-electron chi connectivity index (χ1n) is 9.19. The Balaban J connectivity index is 1.78. The molecule has 0 amide bonds. The number of aromatic nitrogens is 2. The molecule has 0 fully saturated rings. The first-order chi connectivity index (χ1) is 15.0. The third kappa shape index (κ3) is 5.97. The van der Waals surface area contributed by atoms with Crippen molar-refractivity contribution < 1.29 is 21.2 Å². The zero-order valence-corrected chi connectivity index (χ0v) is 18.8. The third-order valence-electron chi connectivity index (χ3n) is 4.38. The molecular formula is C19H21FN6O4S2. The molecule has 1 aliphatic rings. The van der Waals surface area contributed by atoms with Crippen molar-refractivity contribution in [1.29, 1.82) is 0 Å². The number of primary sulfonamides is 1. The fourth-order valence-corrected chi connectivity index (χ4v) is 4.26. The number of hydrogen-bond donors (Lipinski definition) is 4. The summed E-state index contributed by atoms with van der Waals surface area (Å²) in [5.74, 6) is -0.801. The van der Waals surface area contributed by atoms with E-state index in [0.717, 1.165) is 11.6 Å². The Morgan fingerprint density at radius 3 is 2.53 bits per heavy atom. The van der Waals surface area contributed by atoms with Crippen molar-refractivity contribution in [1.82, 2.24) is 14.7 Å². The van der Waals surface area contributed by atoms with Crippen molar-refractivity contribution in [2.75, 3.05) is 17.7 Å². The standard InChI is InChI=1S/C19H21FN6O4S2/c1-12-3-6-15(9-17(12)32(21,29)30)25-19-23-10-16(20)18(26-19)24-14-7-4-13(5-8-14)11-31(27,28)22-2/h3-4,6-11,22H,5H2,1-2H3,(H2,21,29,30)(H2,23,24,25,26). The molecule has 0 spiro atoms. The first kappa shape index (κ1) is 23.5. The van der Waals surface area contributed by atoms with E-state index in [0.29, 0.717) is 28.9 Å². The number of allylic oxidation sites excluding steroid dienone is 4. The number of sulfonamides is 2.